The highest BCUT2D eigenvalue weighted by Crippen LogP contribution is 2.19. The van der Waals surface area contributed by atoms with Crippen molar-refractivity contribution in [2.24, 2.45) is 0 Å². The van der Waals surface area contributed by atoms with Gasteiger partial charge in [-0.2, -0.15) is 0 Å². The standard InChI is InChI=1S/C8H15NO2/c1-2-4-7-5-3-6-8(10)9(7)11/h7,11H,2-6H2,1H3. The smallest absolute Gasteiger partial charge is 0.246 e. The van der Waals surface area contributed by atoms with Gasteiger partial charge < -0.3 is 0 Å². The molecule has 1 fully saturated rings. The zero-order valence-electron chi connectivity index (χ0n) is 6.92. The second kappa shape index (κ2) is 3.72. The number of nitrogens with zero attached hydrogens (tertiary/aromatic N) is 1. The molecule has 0 aromatic rings. The van der Waals surface area contributed by atoms with Crippen LogP contribution < -0.4 is 0 Å². The van der Waals surface area contributed by atoms with Gasteiger partial charge in [-0.05, 0) is 19.3 Å². The van der Waals surface area contributed by atoms with Gasteiger partial charge in [0, 0.05) is 6.42 Å². The number of piperidine rings is 1. The summed E-state index contributed by atoms with van der Waals surface area (Å²) in [5, 5.41) is 10.2. The molecule has 1 unspecified atom stereocenters. The summed E-state index contributed by atoms with van der Waals surface area (Å²) in [5.74, 6) is -0.116. The number of hydrogen-bond acceptors (Lipinski definition) is 2. The van der Waals surface area contributed by atoms with Crippen LogP contribution in [0.3, 0.4) is 0 Å². The van der Waals surface area contributed by atoms with Gasteiger partial charge in [-0.15, -0.1) is 0 Å². The maximum absolute atomic E-state index is 11.0. The van der Waals surface area contributed by atoms with E-state index in [0.29, 0.717) is 6.42 Å². The maximum Gasteiger partial charge on any atom is 0.246 e. The van der Waals surface area contributed by atoms with Crippen LogP contribution in [0.25, 0.3) is 0 Å². The Morgan fingerprint density at radius 3 is 3.09 bits per heavy atom. The van der Waals surface area contributed by atoms with Crippen LogP contribution in [0.1, 0.15) is 39.0 Å². The highest BCUT2D eigenvalue weighted by atomic mass is 16.5. The third-order valence-corrected chi connectivity index (χ3v) is 2.15. The largest absolute Gasteiger partial charge is 0.286 e. The molecule has 0 bridgehead atoms. The van der Waals surface area contributed by atoms with E-state index in [1.165, 1.54) is 0 Å². The van der Waals surface area contributed by atoms with Gasteiger partial charge in [-0.1, -0.05) is 13.3 Å². The van der Waals surface area contributed by atoms with Crippen molar-refractivity contribution in [3.63, 3.8) is 0 Å². The summed E-state index contributed by atoms with van der Waals surface area (Å²) < 4.78 is 0. The zero-order valence-corrected chi connectivity index (χ0v) is 6.92. The van der Waals surface area contributed by atoms with E-state index in [1.807, 2.05) is 0 Å². The molecular weight excluding hydrogens is 142 g/mol. The van der Waals surface area contributed by atoms with Crippen molar-refractivity contribution in [2.45, 2.75) is 45.1 Å². The van der Waals surface area contributed by atoms with Crippen LogP contribution in [0.15, 0.2) is 0 Å². The Bertz CT molecular complexity index is 145. The summed E-state index contributed by atoms with van der Waals surface area (Å²) in [5.41, 5.74) is 0. The third kappa shape index (κ3) is 1.93. The molecule has 0 radical (unpaired) electrons. The Kier molecular flexibility index (Phi) is 2.88. The first-order chi connectivity index (χ1) is 5.25. The van der Waals surface area contributed by atoms with Crippen molar-refractivity contribution < 1.29 is 10.0 Å². The number of rotatable bonds is 2. The molecule has 3 heteroatoms. The molecule has 0 aliphatic carbocycles. The molecule has 1 amide bonds. The molecule has 1 rings (SSSR count). The average Bonchev–Trinajstić information content (AvgIpc) is 1.99. The molecule has 11 heavy (non-hydrogen) atoms. The van der Waals surface area contributed by atoms with Gasteiger partial charge in [0.15, 0.2) is 0 Å². The van der Waals surface area contributed by atoms with Crippen molar-refractivity contribution in [3.05, 3.63) is 0 Å². The van der Waals surface area contributed by atoms with Crippen LogP contribution in [0.2, 0.25) is 0 Å². The molecule has 1 N–H and O–H groups in total. The average molecular weight is 157 g/mol. The minimum Gasteiger partial charge on any atom is -0.286 e. The van der Waals surface area contributed by atoms with E-state index in [9.17, 15) is 10.0 Å². The molecule has 0 aromatic carbocycles. The lowest BCUT2D eigenvalue weighted by molar-refractivity contribution is -0.182. The van der Waals surface area contributed by atoms with Crippen molar-refractivity contribution in [2.75, 3.05) is 0 Å². The van der Waals surface area contributed by atoms with E-state index >= 15 is 0 Å². The zero-order chi connectivity index (χ0) is 8.27. The molecule has 1 atom stereocenters. The lowest BCUT2D eigenvalue weighted by Gasteiger charge is -2.29. The molecule has 0 saturated carbocycles. The van der Waals surface area contributed by atoms with Crippen LogP contribution in [0.4, 0.5) is 0 Å². The van der Waals surface area contributed by atoms with Crippen LogP contribution >= 0.6 is 0 Å². The lowest BCUT2D eigenvalue weighted by atomic mass is 10.0. The number of amides is 1. The molecule has 0 aromatic heterocycles. The summed E-state index contributed by atoms with van der Waals surface area (Å²) in [6.07, 6.45) is 4.34. The van der Waals surface area contributed by atoms with E-state index in [2.05, 4.69) is 6.92 Å². The summed E-state index contributed by atoms with van der Waals surface area (Å²) >= 11 is 0. The minimum atomic E-state index is -0.116. The fourth-order valence-corrected chi connectivity index (χ4v) is 1.53. The monoisotopic (exact) mass is 157 g/mol. The highest BCUT2D eigenvalue weighted by molar-refractivity contribution is 5.75. The first-order valence-electron chi connectivity index (χ1n) is 4.26. The van der Waals surface area contributed by atoms with E-state index in [-0.39, 0.29) is 11.9 Å². The summed E-state index contributed by atoms with van der Waals surface area (Å²) in [6.45, 7) is 2.06. The third-order valence-electron chi connectivity index (χ3n) is 2.15. The molecule has 0 spiro atoms. The summed E-state index contributed by atoms with van der Waals surface area (Å²) in [6, 6.07) is 0.0845. The SMILES string of the molecule is CCCC1CCCC(=O)N1O. The van der Waals surface area contributed by atoms with Gasteiger partial charge in [0.2, 0.25) is 5.91 Å². The quantitative estimate of drug-likeness (QED) is 0.618. The normalized spacial score (nSPS) is 25.8. The molecule has 1 aliphatic rings. The lowest BCUT2D eigenvalue weighted by Crippen LogP contribution is -2.40. The number of carbonyl (C=O) groups excluding carboxylic acids is 1. The second-order valence-corrected chi connectivity index (χ2v) is 3.07. The van der Waals surface area contributed by atoms with Gasteiger partial charge in [-0.3, -0.25) is 10.0 Å². The Morgan fingerprint density at radius 1 is 1.73 bits per heavy atom. The first-order valence-corrected chi connectivity index (χ1v) is 4.26. The van der Waals surface area contributed by atoms with Gasteiger partial charge >= 0.3 is 0 Å². The molecule has 1 saturated heterocycles. The van der Waals surface area contributed by atoms with Gasteiger partial charge in [0.25, 0.3) is 0 Å². The van der Waals surface area contributed by atoms with Crippen LogP contribution in [0.5, 0.6) is 0 Å². The minimum absolute atomic E-state index is 0.0845. The van der Waals surface area contributed by atoms with Crippen LogP contribution in [0, 0.1) is 0 Å². The number of hydrogen-bond donors (Lipinski definition) is 1. The molecule has 64 valence electrons. The van der Waals surface area contributed by atoms with Crippen molar-refractivity contribution in [3.8, 4) is 0 Å². The predicted octanol–water partition coefficient (Wildman–Crippen LogP) is 1.56. The maximum atomic E-state index is 11.0. The topological polar surface area (TPSA) is 40.5 Å². The first kappa shape index (κ1) is 8.53. The van der Waals surface area contributed by atoms with E-state index in [4.69, 9.17) is 0 Å². The fraction of sp³-hybridized carbons (Fsp3) is 0.875. The van der Waals surface area contributed by atoms with Crippen molar-refractivity contribution >= 4 is 5.91 Å². The Hall–Kier alpha value is -0.570. The molecule has 3 nitrogen and oxygen atoms in total. The summed E-state index contributed by atoms with van der Waals surface area (Å²) in [4.78, 5) is 11.0. The number of hydroxylamine groups is 2. The Morgan fingerprint density at radius 2 is 2.45 bits per heavy atom. The van der Waals surface area contributed by atoms with E-state index in [0.717, 1.165) is 30.7 Å². The van der Waals surface area contributed by atoms with Gasteiger partial charge in [-0.25, -0.2) is 5.06 Å². The fourth-order valence-electron chi connectivity index (χ4n) is 1.53. The molecule has 1 heterocycles. The van der Waals surface area contributed by atoms with Crippen molar-refractivity contribution in [1.29, 1.82) is 0 Å². The van der Waals surface area contributed by atoms with E-state index in [1.54, 1.807) is 0 Å². The predicted molar refractivity (Wildman–Crippen MR) is 41.2 cm³/mol. The molecular formula is C8H15NO2. The van der Waals surface area contributed by atoms with Gasteiger partial charge in [0.1, 0.15) is 0 Å². The Balaban J connectivity index is 2.44. The van der Waals surface area contributed by atoms with Crippen LogP contribution in [-0.4, -0.2) is 22.2 Å². The van der Waals surface area contributed by atoms with E-state index < -0.39 is 0 Å². The number of carbonyl (C=O) groups is 1. The highest BCUT2D eigenvalue weighted by Gasteiger charge is 2.25. The van der Waals surface area contributed by atoms with Gasteiger partial charge in [0.05, 0.1) is 6.04 Å². The van der Waals surface area contributed by atoms with Crippen LogP contribution in [-0.2, 0) is 4.79 Å². The Labute approximate surface area is 67.0 Å². The molecule has 1 aliphatic heterocycles. The van der Waals surface area contributed by atoms with Crippen molar-refractivity contribution in [1.82, 2.24) is 5.06 Å². The summed E-state index contributed by atoms with van der Waals surface area (Å²) in [7, 11) is 0. The second-order valence-electron chi connectivity index (χ2n) is 3.07.